The predicted octanol–water partition coefficient (Wildman–Crippen LogP) is 3.49. The number of hydrogen-bond donors (Lipinski definition) is 1. The van der Waals surface area contributed by atoms with E-state index < -0.39 is 17.7 Å². The van der Waals surface area contributed by atoms with Crippen LogP contribution in [0.3, 0.4) is 0 Å². The van der Waals surface area contributed by atoms with Crippen molar-refractivity contribution in [2.75, 3.05) is 14.2 Å². The number of methoxy groups -OCH3 is 1. The van der Waals surface area contributed by atoms with Gasteiger partial charge in [-0.3, -0.25) is 0 Å². The lowest BCUT2D eigenvalue weighted by atomic mass is 9.97. The summed E-state index contributed by atoms with van der Waals surface area (Å²) in [6.45, 7) is 3.57. The molecule has 108 valence electrons. The van der Waals surface area contributed by atoms with Crippen LogP contribution in [0, 0.1) is 25.5 Å². The van der Waals surface area contributed by atoms with Crippen molar-refractivity contribution in [3.63, 3.8) is 0 Å². The van der Waals surface area contributed by atoms with E-state index in [-0.39, 0.29) is 11.3 Å². The van der Waals surface area contributed by atoms with Gasteiger partial charge in [0.25, 0.3) is 0 Å². The summed E-state index contributed by atoms with van der Waals surface area (Å²) in [6.07, 6.45) is 0. The molecule has 1 aromatic carbocycles. The number of aryl methyl sites for hydroxylation is 2. The van der Waals surface area contributed by atoms with E-state index in [1.807, 2.05) is 0 Å². The third-order valence-corrected chi connectivity index (χ3v) is 3.26. The molecule has 2 aromatic rings. The van der Waals surface area contributed by atoms with E-state index in [0.29, 0.717) is 17.1 Å². The maximum absolute atomic E-state index is 14.2. The van der Waals surface area contributed by atoms with Gasteiger partial charge >= 0.3 is 0 Å². The molecule has 0 fully saturated rings. The number of hydrogen-bond acceptors (Lipinski definition) is 3. The number of furan rings is 1. The Bertz CT molecular complexity index is 599. The summed E-state index contributed by atoms with van der Waals surface area (Å²) in [5, 5.41) is 2.93. The summed E-state index contributed by atoms with van der Waals surface area (Å²) >= 11 is 0. The molecule has 1 atom stereocenters. The summed E-state index contributed by atoms with van der Waals surface area (Å²) < 4.78 is 38.6. The van der Waals surface area contributed by atoms with Crippen molar-refractivity contribution in [3.8, 4) is 5.75 Å². The Morgan fingerprint density at radius 2 is 1.75 bits per heavy atom. The average Bonchev–Trinajstić information content (AvgIpc) is 2.72. The molecule has 5 heteroatoms. The molecule has 0 amide bonds. The van der Waals surface area contributed by atoms with Crippen LogP contribution in [0.25, 0.3) is 0 Å². The van der Waals surface area contributed by atoms with Crippen molar-refractivity contribution in [2.45, 2.75) is 19.9 Å². The minimum absolute atomic E-state index is 0.0443. The van der Waals surface area contributed by atoms with Gasteiger partial charge < -0.3 is 14.5 Å². The second kappa shape index (κ2) is 5.63. The van der Waals surface area contributed by atoms with Crippen LogP contribution in [0.1, 0.15) is 28.7 Å². The van der Waals surface area contributed by atoms with Gasteiger partial charge in [-0.25, -0.2) is 8.78 Å². The van der Waals surface area contributed by atoms with Gasteiger partial charge in [0.05, 0.1) is 13.2 Å². The second-order valence-corrected chi connectivity index (χ2v) is 4.59. The molecule has 1 aromatic heterocycles. The fraction of sp³-hybridized carbons (Fsp3) is 0.333. The molecule has 0 saturated heterocycles. The van der Waals surface area contributed by atoms with Crippen molar-refractivity contribution in [3.05, 3.63) is 52.5 Å². The normalized spacial score (nSPS) is 12.5. The van der Waals surface area contributed by atoms with E-state index in [1.54, 1.807) is 27.0 Å². The Hall–Kier alpha value is -1.88. The number of rotatable bonds is 4. The van der Waals surface area contributed by atoms with E-state index in [9.17, 15) is 8.78 Å². The Balaban J connectivity index is 2.55. The molecular weight excluding hydrogens is 264 g/mol. The fourth-order valence-corrected chi connectivity index (χ4v) is 2.35. The van der Waals surface area contributed by atoms with Crippen LogP contribution in [0.2, 0.25) is 0 Å². The van der Waals surface area contributed by atoms with Gasteiger partial charge in [0.1, 0.15) is 28.9 Å². The molecule has 0 radical (unpaired) electrons. The average molecular weight is 281 g/mol. The van der Waals surface area contributed by atoms with E-state index >= 15 is 0 Å². The SMILES string of the molecule is CNC(c1cc(C)oc1C)c1c(F)cc(OC)cc1F. The van der Waals surface area contributed by atoms with E-state index in [1.165, 1.54) is 19.2 Å². The van der Waals surface area contributed by atoms with Crippen LogP contribution in [0.5, 0.6) is 5.75 Å². The largest absolute Gasteiger partial charge is 0.497 e. The van der Waals surface area contributed by atoms with Gasteiger partial charge in [-0.2, -0.15) is 0 Å². The monoisotopic (exact) mass is 281 g/mol. The van der Waals surface area contributed by atoms with Crippen molar-refractivity contribution in [1.29, 1.82) is 0 Å². The third-order valence-electron chi connectivity index (χ3n) is 3.26. The highest BCUT2D eigenvalue weighted by atomic mass is 19.1. The van der Waals surface area contributed by atoms with Gasteiger partial charge in [-0.1, -0.05) is 0 Å². The summed E-state index contributed by atoms with van der Waals surface area (Å²) in [5.74, 6) is 0.182. The van der Waals surface area contributed by atoms with E-state index in [4.69, 9.17) is 9.15 Å². The van der Waals surface area contributed by atoms with Crippen molar-refractivity contribution in [1.82, 2.24) is 5.32 Å². The molecule has 0 bridgehead atoms. The Morgan fingerprint density at radius 1 is 1.15 bits per heavy atom. The molecule has 1 unspecified atom stereocenters. The summed E-state index contributed by atoms with van der Waals surface area (Å²) in [5.41, 5.74) is 0.671. The van der Waals surface area contributed by atoms with Crippen LogP contribution < -0.4 is 10.1 Å². The maximum Gasteiger partial charge on any atom is 0.134 e. The Kier molecular flexibility index (Phi) is 4.09. The van der Waals surface area contributed by atoms with Gasteiger partial charge in [0.15, 0.2) is 0 Å². The standard InChI is InChI=1S/C15H17F2NO2/c1-8-5-11(9(2)20-8)15(18-3)14-12(16)6-10(19-4)7-13(14)17/h5-7,15,18H,1-4H3. The molecule has 2 rings (SSSR count). The smallest absolute Gasteiger partial charge is 0.134 e. The summed E-state index contributed by atoms with van der Waals surface area (Å²) in [6, 6.07) is 3.51. The molecular formula is C15H17F2NO2. The first-order valence-corrected chi connectivity index (χ1v) is 6.25. The van der Waals surface area contributed by atoms with Crippen molar-refractivity contribution in [2.24, 2.45) is 0 Å². The first kappa shape index (κ1) is 14.5. The van der Waals surface area contributed by atoms with Crippen LogP contribution in [0.4, 0.5) is 8.78 Å². The highest BCUT2D eigenvalue weighted by Gasteiger charge is 2.25. The number of halogens is 2. The molecule has 0 saturated carbocycles. The van der Waals surface area contributed by atoms with E-state index in [2.05, 4.69) is 5.32 Å². The quantitative estimate of drug-likeness (QED) is 0.931. The molecule has 0 aliphatic heterocycles. The molecule has 0 aliphatic rings. The molecule has 3 nitrogen and oxygen atoms in total. The minimum Gasteiger partial charge on any atom is -0.497 e. The van der Waals surface area contributed by atoms with Crippen LogP contribution in [0.15, 0.2) is 22.6 Å². The molecule has 20 heavy (non-hydrogen) atoms. The van der Waals surface area contributed by atoms with Gasteiger partial charge in [0, 0.05) is 23.3 Å². The van der Waals surface area contributed by atoms with Gasteiger partial charge in [0.2, 0.25) is 0 Å². The first-order chi connectivity index (χ1) is 9.47. The lowest BCUT2D eigenvalue weighted by Crippen LogP contribution is -2.20. The second-order valence-electron chi connectivity index (χ2n) is 4.59. The van der Waals surface area contributed by atoms with Gasteiger partial charge in [-0.05, 0) is 27.0 Å². The predicted molar refractivity (Wildman–Crippen MR) is 72.0 cm³/mol. The number of nitrogens with one attached hydrogen (secondary N) is 1. The van der Waals surface area contributed by atoms with Gasteiger partial charge in [-0.15, -0.1) is 0 Å². The lowest BCUT2D eigenvalue weighted by molar-refractivity contribution is 0.403. The summed E-state index contributed by atoms with van der Waals surface area (Å²) in [7, 11) is 3.02. The number of benzene rings is 1. The van der Waals surface area contributed by atoms with Crippen LogP contribution >= 0.6 is 0 Å². The van der Waals surface area contributed by atoms with E-state index in [0.717, 1.165) is 0 Å². The van der Waals surface area contributed by atoms with Crippen LogP contribution in [-0.2, 0) is 0 Å². The highest BCUT2D eigenvalue weighted by Crippen LogP contribution is 2.32. The fourth-order valence-electron chi connectivity index (χ4n) is 2.35. The maximum atomic E-state index is 14.2. The third kappa shape index (κ3) is 2.54. The lowest BCUT2D eigenvalue weighted by Gasteiger charge is -2.18. The highest BCUT2D eigenvalue weighted by molar-refractivity contribution is 5.39. The molecule has 0 aliphatic carbocycles. The molecule has 1 N–H and O–H groups in total. The first-order valence-electron chi connectivity index (χ1n) is 6.25. The topological polar surface area (TPSA) is 34.4 Å². The zero-order valence-electron chi connectivity index (χ0n) is 11.9. The summed E-state index contributed by atoms with van der Waals surface area (Å²) in [4.78, 5) is 0. The zero-order chi connectivity index (χ0) is 14.9. The minimum atomic E-state index is -0.653. The van der Waals surface area contributed by atoms with Crippen molar-refractivity contribution >= 4 is 0 Å². The van der Waals surface area contributed by atoms with Crippen molar-refractivity contribution < 1.29 is 17.9 Å². The van der Waals surface area contributed by atoms with Crippen LogP contribution in [-0.4, -0.2) is 14.2 Å². The number of ether oxygens (including phenoxy) is 1. The molecule has 0 spiro atoms. The molecule has 1 heterocycles. The Morgan fingerprint density at radius 3 is 2.15 bits per heavy atom. The zero-order valence-corrected chi connectivity index (χ0v) is 11.9. The Labute approximate surface area is 116 Å².